The van der Waals surface area contributed by atoms with Crippen LogP contribution in [0, 0.1) is 0 Å². The summed E-state index contributed by atoms with van der Waals surface area (Å²) in [5, 5.41) is 36.6. The number of rotatable bonds is 3. The van der Waals surface area contributed by atoms with Crippen molar-refractivity contribution in [3.8, 4) is 11.3 Å². The zero-order valence-electron chi connectivity index (χ0n) is 10.6. The maximum atomic E-state index is 9.92. The number of ether oxygens (including phenoxy) is 1. The Morgan fingerprint density at radius 1 is 1.15 bits per heavy atom. The van der Waals surface area contributed by atoms with Crippen molar-refractivity contribution < 1.29 is 20.1 Å². The van der Waals surface area contributed by atoms with Gasteiger partial charge in [0.2, 0.25) is 0 Å². The zero-order valence-corrected chi connectivity index (χ0v) is 10.6. The van der Waals surface area contributed by atoms with Crippen LogP contribution in [0.15, 0.2) is 36.5 Å². The highest BCUT2D eigenvalue weighted by Crippen LogP contribution is 2.29. The fourth-order valence-corrected chi connectivity index (χ4v) is 2.24. The van der Waals surface area contributed by atoms with Gasteiger partial charge in [0.15, 0.2) is 6.23 Å². The quantitative estimate of drug-likeness (QED) is 0.703. The predicted molar refractivity (Wildman–Crippen MR) is 68.5 cm³/mol. The third-order valence-corrected chi connectivity index (χ3v) is 3.36. The average Bonchev–Trinajstić information content (AvgIpc) is 3.07. The molecule has 0 amide bonds. The lowest BCUT2D eigenvalue weighted by molar-refractivity contribution is -0.0593. The maximum Gasteiger partial charge on any atom is 0.180 e. The smallest absolute Gasteiger partial charge is 0.180 e. The summed E-state index contributed by atoms with van der Waals surface area (Å²) in [6.07, 6.45) is -2.34. The van der Waals surface area contributed by atoms with E-state index in [4.69, 9.17) is 9.84 Å². The normalized spacial score (nSPS) is 29.8. The minimum Gasteiger partial charge on any atom is -0.394 e. The van der Waals surface area contributed by atoms with Gasteiger partial charge in [-0.2, -0.15) is 0 Å². The molecule has 0 spiro atoms. The fourth-order valence-electron chi connectivity index (χ4n) is 2.24. The molecule has 1 aromatic carbocycles. The van der Waals surface area contributed by atoms with Crippen LogP contribution >= 0.6 is 0 Å². The number of hydrogen-bond donors (Lipinski definition) is 3. The van der Waals surface area contributed by atoms with E-state index >= 15 is 0 Å². The van der Waals surface area contributed by atoms with Gasteiger partial charge >= 0.3 is 0 Å². The Bertz CT molecular complexity index is 574. The van der Waals surface area contributed by atoms with Gasteiger partial charge < -0.3 is 20.1 Å². The molecule has 3 N–H and O–H groups in total. The summed E-state index contributed by atoms with van der Waals surface area (Å²) in [5.74, 6) is 0. The van der Waals surface area contributed by atoms with Crippen molar-refractivity contribution in [2.24, 2.45) is 0 Å². The van der Waals surface area contributed by atoms with Crippen LogP contribution in [-0.2, 0) is 4.74 Å². The minimum atomic E-state index is -1.16. The molecular formula is C13H15N3O4. The first kappa shape index (κ1) is 13.2. The summed E-state index contributed by atoms with van der Waals surface area (Å²) in [6, 6.07) is 9.47. The van der Waals surface area contributed by atoms with Crippen LogP contribution in [0.2, 0.25) is 0 Å². The van der Waals surface area contributed by atoms with Crippen LogP contribution in [0.1, 0.15) is 6.23 Å². The number of nitrogens with zero attached hydrogens (tertiary/aromatic N) is 3. The number of aromatic nitrogens is 3. The molecular weight excluding hydrogens is 262 g/mol. The summed E-state index contributed by atoms with van der Waals surface area (Å²) in [4.78, 5) is 0. The SMILES string of the molecule is OC[C@H]1O[C@@H](n2cc(-c3ccccc3)nn2)[C@@H](O)[C@@H]1O. The van der Waals surface area contributed by atoms with E-state index in [0.717, 1.165) is 5.56 Å². The lowest BCUT2D eigenvalue weighted by Gasteiger charge is -2.13. The lowest BCUT2D eigenvalue weighted by atomic mass is 10.1. The summed E-state index contributed by atoms with van der Waals surface area (Å²) in [5.41, 5.74) is 1.54. The Kier molecular flexibility index (Phi) is 3.49. The third kappa shape index (κ3) is 2.20. The number of benzene rings is 1. The summed E-state index contributed by atoms with van der Waals surface area (Å²) >= 11 is 0. The van der Waals surface area contributed by atoms with Gasteiger partial charge in [-0.15, -0.1) is 5.10 Å². The van der Waals surface area contributed by atoms with Crippen LogP contribution in [0.5, 0.6) is 0 Å². The van der Waals surface area contributed by atoms with E-state index in [9.17, 15) is 10.2 Å². The van der Waals surface area contributed by atoms with Gasteiger partial charge in [0.05, 0.1) is 12.8 Å². The molecule has 3 rings (SSSR count). The van der Waals surface area contributed by atoms with Crippen molar-refractivity contribution in [3.63, 3.8) is 0 Å². The molecule has 1 aliphatic heterocycles. The molecule has 2 aromatic rings. The molecule has 0 saturated carbocycles. The predicted octanol–water partition coefficient (Wildman–Crippen LogP) is -0.443. The molecule has 20 heavy (non-hydrogen) atoms. The van der Waals surface area contributed by atoms with E-state index in [0.29, 0.717) is 5.69 Å². The molecule has 0 unspecified atom stereocenters. The van der Waals surface area contributed by atoms with Crippen molar-refractivity contribution in [2.75, 3.05) is 6.61 Å². The van der Waals surface area contributed by atoms with E-state index in [-0.39, 0.29) is 6.61 Å². The van der Waals surface area contributed by atoms with Crippen LogP contribution < -0.4 is 0 Å². The molecule has 7 heteroatoms. The highest BCUT2D eigenvalue weighted by Gasteiger charge is 2.43. The van der Waals surface area contributed by atoms with Crippen LogP contribution in [0.3, 0.4) is 0 Å². The maximum absolute atomic E-state index is 9.92. The highest BCUT2D eigenvalue weighted by atomic mass is 16.6. The molecule has 4 atom stereocenters. The zero-order chi connectivity index (χ0) is 14.1. The minimum absolute atomic E-state index is 0.366. The molecule has 0 bridgehead atoms. The van der Waals surface area contributed by atoms with Crippen LogP contribution in [0.25, 0.3) is 11.3 Å². The Labute approximate surface area is 115 Å². The van der Waals surface area contributed by atoms with Gasteiger partial charge in [-0.1, -0.05) is 35.5 Å². The van der Waals surface area contributed by atoms with Crippen molar-refractivity contribution in [1.82, 2.24) is 15.0 Å². The standard InChI is InChI=1S/C13H15N3O4/c17-7-10-11(18)12(19)13(20-10)16-6-9(14-15-16)8-4-2-1-3-5-8/h1-6,10-13,17-19H,7H2/t10-,11-,12+,13-/m1/s1. The Balaban J connectivity index is 1.84. The van der Waals surface area contributed by atoms with Crippen molar-refractivity contribution in [1.29, 1.82) is 0 Å². The number of hydrogen-bond acceptors (Lipinski definition) is 6. The summed E-state index contributed by atoms with van der Waals surface area (Å²) in [6.45, 7) is -0.366. The highest BCUT2D eigenvalue weighted by molar-refractivity contribution is 5.57. The monoisotopic (exact) mass is 277 g/mol. The first-order valence-corrected chi connectivity index (χ1v) is 6.30. The number of aliphatic hydroxyl groups is 3. The first-order valence-electron chi connectivity index (χ1n) is 6.30. The Hall–Kier alpha value is -1.80. The molecule has 1 aliphatic rings. The molecule has 1 fully saturated rings. The molecule has 0 radical (unpaired) electrons. The van der Waals surface area contributed by atoms with E-state index < -0.39 is 24.5 Å². The molecule has 1 saturated heterocycles. The fraction of sp³-hybridized carbons (Fsp3) is 0.385. The second kappa shape index (κ2) is 5.29. The van der Waals surface area contributed by atoms with Crippen molar-refractivity contribution >= 4 is 0 Å². The van der Waals surface area contributed by atoms with Crippen molar-refractivity contribution in [3.05, 3.63) is 36.5 Å². The second-order valence-electron chi connectivity index (χ2n) is 4.68. The molecule has 2 heterocycles. The summed E-state index contributed by atoms with van der Waals surface area (Å²) in [7, 11) is 0. The van der Waals surface area contributed by atoms with E-state index in [1.54, 1.807) is 6.20 Å². The van der Waals surface area contributed by atoms with E-state index in [1.165, 1.54) is 4.68 Å². The number of aliphatic hydroxyl groups excluding tert-OH is 3. The van der Waals surface area contributed by atoms with Gasteiger partial charge in [-0.05, 0) is 0 Å². The van der Waals surface area contributed by atoms with Gasteiger partial charge in [0, 0.05) is 5.56 Å². The third-order valence-electron chi connectivity index (χ3n) is 3.36. The van der Waals surface area contributed by atoms with Crippen LogP contribution in [-0.4, -0.2) is 55.2 Å². The van der Waals surface area contributed by atoms with E-state index in [1.807, 2.05) is 30.3 Å². The van der Waals surface area contributed by atoms with Crippen molar-refractivity contribution in [2.45, 2.75) is 24.5 Å². The topological polar surface area (TPSA) is 101 Å². The largest absolute Gasteiger partial charge is 0.394 e. The molecule has 0 aliphatic carbocycles. The van der Waals surface area contributed by atoms with E-state index in [2.05, 4.69) is 10.3 Å². The Morgan fingerprint density at radius 2 is 1.90 bits per heavy atom. The van der Waals surface area contributed by atoms with Gasteiger partial charge in [-0.3, -0.25) is 0 Å². The van der Waals surface area contributed by atoms with Crippen LogP contribution in [0.4, 0.5) is 0 Å². The first-order chi connectivity index (χ1) is 9.70. The average molecular weight is 277 g/mol. The van der Waals surface area contributed by atoms with Gasteiger partial charge in [0.25, 0.3) is 0 Å². The molecule has 7 nitrogen and oxygen atoms in total. The molecule has 106 valence electrons. The second-order valence-corrected chi connectivity index (χ2v) is 4.68. The lowest BCUT2D eigenvalue weighted by Crippen LogP contribution is -2.33. The Morgan fingerprint density at radius 3 is 2.55 bits per heavy atom. The van der Waals surface area contributed by atoms with Gasteiger partial charge in [0.1, 0.15) is 24.0 Å². The summed E-state index contributed by atoms with van der Waals surface area (Å²) < 4.78 is 6.73. The van der Waals surface area contributed by atoms with Gasteiger partial charge in [-0.25, -0.2) is 4.68 Å². The molecule has 1 aromatic heterocycles.